The SMILES string of the molecule is CSc1cccc(-c2nc(N[C@H](C)C(F)(F)F)nc(N[C@H](C)C(F)(F)F)n2)n1. The number of halogens is 6. The third-order valence-electron chi connectivity index (χ3n) is 3.47. The molecular formula is C15H16F6N6S. The summed E-state index contributed by atoms with van der Waals surface area (Å²) in [6.45, 7) is 1.67. The lowest BCUT2D eigenvalue weighted by molar-refractivity contribution is -0.139. The van der Waals surface area contributed by atoms with Crippen LogP contribution in [0, 0.1) is 0 Å². The van der Waals surface area contributed by atoms with Crippen molar-refractivity contribution < 1.29 is 26.3 Å². The first-order valence-corrected chi connectivity index (χ1v) is 9.06. The maximum absolute atomic E-state index is 12.8. The summed E-state index contributed by atoms with van der Waals surface area (Å²) in [5, 5.41) is 4.64. The number of alkyl halides is 6. The third-order valence-corrected chi connectivity index (χ3v) is 4.12. The number of nitrogens with one attached hydrogen (secondary N) is 2. The number of aromatic nitrogens is 4. The first-order valence-electron chi connectivity index (χ1n) is 7.84. The number of hydrogen-bond acceptors (Lipinski definition) is 7. The van der Waals surface area contributed by atoms with E-state index in [9.17, 15) is 26.3 Å². The molecule has 6 nitrogen and oxygen atoms in total. The van der Waals surface area contributed by atoms with E-state index < -0.39 is 36.3 Å². The molecule has 0 unspecified atom stereocenters. The van der Waals surface area contributed by atoms with Crippen molar-refractivity contribution in [2.24, 2.45) is 0 Å². The molecule has 0 saturated heterocycles. The quantitative estimate of drug-likeness (QED) is 0.524. The maximum atomic E-state index is 12.8. The van der Waals surface area contributed by atoms with Crippen LogP contribution in [0.5, 0.6) is 0 Å². The highest BCUT2D eigenvalue weighted by Gasteiger charge is 2.38. The molecule has 2 heterocycles. The van der Waals surface area contributed by atoms with Gasteiger partial charge in [0.2, 0.25) is 11.9 Å². The maximum Gasteiger partial charge on any atom is 0.408 e. The van der Waals surface area contributed by atoms with E-state index in [1.165, 1.54) is 17.8 Å². The molecular weight excluding hydrogens is 410 g/mol. The summed E-state index contributed by atoms with van der Waals surface area (Å²) in [6, 6.07) is 0.741. The minimum atomic E-state index is -4.60. The van der Waals surface area contributed by atoms with Gasteiger partial charge < -0.3 is 10.6 Å². The molecule has 0 aliphatic carbocycles. The Morgan fingerprint density at radius 2 is 1.32 bits per heavy atom. The molecule has 0 spiro atoms. The second kappa shape index (κ2) is 8.37. The van der Waals surface area contributed by atoms with Crippen LogP contribution in [0.3, 0.4) is 0 Å². The molecule has 2 aromatic rings. The molecule has 2 atom stereocenters. The summed E-state index contributed by atoms with van der Waals surface area (Å²) < 4.78 is 76.9. The van der Waals surface area contributed by atoms with Gasteiger partial charge in [-0.05, 0) is 32.2 Å². The van der Waals surface area contributed by atoms with Crippen LogP contribution < -0.4 is 10.6 Å². The van der Waals surface area contributed by atoms with Crippen LogP contribution in [0.15, 0.2) is 23.2 Å². The van der Waals surface area contributed by atoms with Crippen molar-refractivity contribution in [2.75, 3.05) is 16.9 Å². The largest absolute Gasteiger partial charge is 0.408 e. The topological polar surface area (TPSA) is 75.6 Å². The average molecular weight is 426 g/mol. The fourth-order valence-corrected chi connectivity index (χ4v) is 2.23. The Kier molecular flexibility index (Phi) is 6.57. The third kappa shape index (κ3) is 5.84. The van der Waals surface area contributed by atoms with Crippen molar-refractivity contribution in [3.05, 3.63) is 18.2 Å². The van der Waals surface area contributed by atoms with Crippen LogP contribution in [0.4, 0.5) is 38.2 Å². The lowest BCUT2D eigenvalue weighted by Gasteiger charge is -2.20. The summed E-state index contributed by atoms with van der Waals surface area (Å²) in [4.78, 5) is 15.6. The molecule has 0 saturated carbocycles. The second-order valence-corrected chi connectivity index (χ2v) is 6.51. The van der Waals surface area contributed by atoms with Gasteiger partial charge in [0.25, 0.3) is 0 Å². The highest BCUT2D eigenvalue weighted by molar-refractivity contribution is 7.98. The molecule has 0 amide bonds. The van der Waals surface area contributed by atoms with Crippen molar-refractivity contribution in [3.63, 3.8) is 0 Å². The number of pyridine rings is 1. The van der Waals surface area contributed by atoms with Gasteiger partial charge >= 0.3 is 12.4 Å². The zero-order chi connectivity index (χ0) is 21.1. The van der Waals surface area contributed by atoms with Gasteiger partial charge in [-0.1, -0.05) is 6.07 Å². The van der Waals surface area contributed by atoms with Gasteiger partial charge in [0.1, 0.15) is 17.8 Å². The number of rotatable bonds is 6. The van der Waals surface area contributed by atoms with E-state index in [-0.39, 0.29) is 11.5 Å². The Balaban J connectivity index is 2.45. The molecule has 0 aliphatic heterocycles. The van der Waals surface area contributed by atoms with Crippen molar-refractivity contribution >= 4 is 23.7 Å². The van der Waals surface area contributed by atoms with Crippen LogP contribution in [0.2, 0.25) is 0 Å². The molecule has 154 valence electrons. The van der Waals surface area contributed by atoms with E-state index in [4.69, 9.17) is 0 Å². The van der Waals surface area contributed by atoms with Crippen molar-refractivity contribution in [1.82, 2.24) is 19.9 Å². The zero-order valence-electron chi connectivity index (χ0n) is 14.9. The van der Waals surface area contributed by atoms with Crippen LogP contribution in [-0.4, -0.2) is 50.6 Å². The molecule has 0 bridgehead atoms. The van der Waals surface area contributed by atoms with Gasteiger partial charge in [0.05, 0.1) is 5.03 Å². The lowest BCUT2D eigenvalue weighted by Crippen LogP contribution is -2.35. The van der Waals surface area contributed by atoms with Gasteiger partial charge in [0, 0.05) is 0 Å². The Bertz CT molecular complexity index is 772. The highest BCUT2D eigenvalue weighted by Crippen LogP contribution is 2.26. The minimum Gasteiger partial charge on any atom is -0.343 e. The average Bonchev–Trinajstić information content (AvgIpc) is 2.60. The second-order valence-electron chi connectivity index (χ2n) is 5.69. The van der Waals surface area contributed by atoms with E-state index in [2.05, 4.69) is 19.9 Å². The molecule has 2 N–H and O–H groups in total. The van der Waals surface area contributed by atoms with Gasteiger partial charge in [-0.2, -0.15) is 41.3 Å². The summed E-state index contributed by atoms with van der Waals surface area (Å²) in [6.07, 6.45) is -7.44. The Hall–Kier alpha value is -2.31. The number of nitrogens with zero attached hydrogens (tertiary/aromatic N) is 4. The Labute approximate surface area is 160 Å². The van der Waals surface area contributed by atoms with Crippen LogP contribution >= 0.6 is 11.8 Å². The summed E-state index contributed by atoms with van der Waals surface area (Å²) in [5.74, 6) is -1.22. The van der Waals surface area contributed by atoms with E-state index in [0.29, 0.717) is 5.03 Å². The first kappa shape index (κ1) is 22.0. The zero-order valence-corrected chi connectivity index (χ0v) is 15.7. The Morgan fingerprint density at radius 3 is 1.75 bits per heavy atom. The van der Waals surface area contributed by atoms with Crippen molar-refractivity contribution in [1.29, 1.82) is 0 Å². The molecule has 2 aromatic heterocycles. The number of anilines is 2. The van der Waals surface area contributed by atoms with Gasteiger partial charge in [-0.3, -0.25) is 0 Å². The number of hydrogen-bond donors (Lipinski definition) is 2. The lowest BCUT2D eigenvalue weighted by atomic mass is 10.3. The number of thioether (sulfide) groups is 1. The molecule has 0 aliphatic rings. The van der Waals surface area contributed by atoms with Crippen LogP contribution in [-0.2, 0) is 0 Å². The molecule has 0 fully saturated rings. The fourth-order valence-electron chi connectivity index (χ4n) is 1.82. The van der Waals surface area contributed by atoms with Crippen molar-refractivity contribution in [2.45, 2.75) is 43.3 Å². The predicted molar refractivity (Wildman–Crippen MR) is 93.1 cm³/mol. The van der Waals surface area contributed by atoms with Gasteiger partial charge in [-0.15, -0.1) is 11.8 Å². The Morgan fingerprint density at radius 1 is 0.821 bits per heavy atom. The molecule has 2 rings (SSSR count). The summed E-state index contributed by atoms with van der Waals surface area (Å²) >= 11 is 1.30. The standard InChI is InChI=1S/C15H16F6N6S/c1-7(14(16,17)18)22-12-25-11(9-5-4-6-10(24-9)28-3)26-13(27-12)23-8(2)15(19,20)21/h4-8H,1-3H3,(H2,22,23,25,26,27)/t7-,8-/m1/s1. The molecule has 28 heavy (non-hydrogen) atoms. The minimum absolute atomic E-state index is 0.167. The highest BCUT2D eigenvalue weighted by atomic mass is 32.2. The van der Waals surface area contributed by atoms with Gasteiger partial charge in [-0.25, -0.2) is 4.98 Å². The molecule has 13 heteroatoms. The summed E-state index contributed by atoms with van der Waals surface area (Å²) in [7, 11) is 0. The van der Waals surface area contributed by atoms with Crippen molar-refractivity contribution in [3.8, 4) is 11.5 Å². The normalized spacial score (nSPS) is 14.5. The predicted octanol–water partition coefficient (Wildman–Crippen LogP) is 4.38. The molecule has 0 radical (unpaired) electrons. The van der Waals surface area contributed by atoms with E-state index in [1.54, 1.807) is 18.4 Å². The fraction of sp³-hybridized carbons (Fsp3) is 0.467. The molecule has 0 aromatic carbocycles. The van der Waals surface area contributed by atoms with Gasteiger partial charge in [0.15, 0.2) is 5.82 Å². The smallest absolute Gasteiger partial charge is 0.343 e. The van der Waals surface area contributed by atoms with Crippen LogP contribution in [0.25, 0.3) is 11.5 Å². The summed E-state index contributed by atoms with van der Waals surface area (Å²) in [5.41, 5.74) is 0.180. The van der Waals surface area contributed by atoms with E-state index in [0.717, 1.165) is 13.8 Å². The first-order chi connectivity index (χ1) is 12.9. The van der Waals surface area contributed by atoms with E-state index in [1.807, 2.05) is 10.6 Å². The van der Waals surface area contributed by atoms with Crippen LogP contribution in [0.1, 0.15) is 13.8 Å². The van der Waals surface area contributed by atoms with E-state index >= 15 is 0 Å². The monoisotopic (exact) mass is 426 g/mol.